The zero-order valence-corrected chi connectivity index (χ0v) is 11.3. The SMILES string of the molecule is O=C(O)[C@H]1CCN(C(=O)CCc2cccc(Cl)c2)C1. The van der Waals surface area contributed by atoms with Crippen LogP contribution >= 0.6 is 11.6 Å². The maximum atomic E-state index is 12.0. The Balaban J connectivity index is 1.84. The first-order valence-corrected chi connectivity index (χ1v) is 6.69. The van der Waals surface area contributed by atoms with E-state index in [1.807, 2.05) is 18.2 Å². The minimum atomic E-state index is -0.815. The normalized spacial score (nSPS) is 18.6. The third kappa shape index (κ3) is 3.70. The summed E-state index contributed by atoms with van der Waals surface area (Å²) in [7, 11) is 0. The zero-order valence-electron chi connectivity index (χ0n) is 10.5. The highest BCUT2D eigenvalue weighted by Crippen LogP contribution is 2.18. The van der Waals surface area contributed by atoms with Crippen LogP contribution in [0.15, 0.2) is 24.3 Å². The summed E-state index contributed by atoms with van der Waals surface area (Å²) in [6, 6.07) is 7.44. The monoisotopic (exact) mass is 281 g/mol. The van der Waals surface area contributed by atoms with Gasteiger partial charge in [-0.1, -0.05) is 23.7 Å². The zero-order chi connectivity index (χ0) is 13.8. The second-order valence-electron chi connectivity index (χ2n) is 4.79. The molecular weight excluding hydrogens is 266 g/mol. The number of carbonyl (C=O) groups is 2. The van der Waals surface area contributed by atoms with Crippen molar-refractivity contribution in [3.8, 4) is 0 Å². The first-order chi connectivity index (χ1) is 9.06. The molecule has 1 heterocycles. The van der Waals surface area contributed by atoms with Gasteiger partial charge < -0.3 is 10.0 Å². The Hall–Kier alpha value is -1.55. The molecule has 0 bridgehead atoms. The quantitative estimate of drug-likeness (QED) is 0.920. The number of amides is 1. The maximum Gasteiger partial charge on any atom is 0.308 e. The van der Waals surface area contributed by atoms with E-state index in [1.54, 1.807) is 11.0 Å². The summed E-state index contributed by atoms with van der Waals surface area (Å²) in [5.74, 6) is -1.20. The number of carboxylic acids is 1. The van der Waals surface area contributed by atoms with E-state index in [9.17, 15) is 9.59 Å². The fourth-order valence-corrected chi connectivity index (χ4v) is 2.50. The van der Waals surface area contributed by atoms with Gasteiger partial charge in [0.1, 0.15) is 0 Å². The third-order valence-electron chi connectivity index (χ3n) is 3.41. The van der Waals surface area contributed by atoms with E-state index < -0.39 is 11.9 Å². The van der Waals surface area contributed by atoms with Gasteiger partial charge in [0.25, 0.3) is 0 Å². The van der Waals surface area contributed by atoms with Crippen LogP contribution < -0.4 is 0 Å². The maximum absolute atomic E-state index is 12.0. The number of aliphatic carboxylic acids is 1. The van der Waals surface area contributed by atoms with Gasteiger partial charge in [0.05, 0.1) is 5.92 Å². The average Bonchev–Trinajstić information content (AvgIpc) is 2.86. The molecule has 0 spiro atoms. The molecule has 0 unspecified atom stereocenters. The highest BCUT2D eigenvalue weighted by Gasteiger charge is 2.30. The molecule has 0 saturated carbocycles. The van der Waals surface area contributed by atoms with Gasteiger partial charge in [-0.2, -0.15) is 0 Å². The number of carbonyl (C=O) groups excluding carboxylic acids is 1. The van der Waals surface area contributed by atoms with Gasteiger partial charge in [-0.15, -0.1) is 0 Å². The Bertz CT molecular complexity index is 489. The van der Waals surface area contributed by atoms with E-state index in [4.69, 9.17) is 16.7 Å². The Morgan fingerprint density at radius 3 is 2.84 bits per heavy atom. The lowest BCUT2D eigenvalue weighted by Crippen LogP contribution is -2.30. The van der Waals surface area contributed by atoms with Gasteiger partial charge in [0.2, 0.25) is 5.91 Å². The molecule has 102 valence electrons. The predicted octanol–water partition coefficient (Wildman–Crippen LogP) is 2.21. The molecule has 5 heteroatoms. The number of benzene rings is 1. The summed E-state index contributed by atoms with van der Waals surface area (Å²) >= 11 is 5.88. The molecule has 1 N–H and O–H groups in total. The molecule has 1 aromatic carbocycles. The minimum absolute atomic E-state index is 0.0173. The van der Waals surface area contributed by atoms with Crippen LogP contribution in [0.25, 0.3) is 0 Å². The van der Waals surface area contributed by atoms with Crippen LogP contribution in [0.4, 0.5) is 0 Å². The van der Waals surface area contributed by atoms with E-state index in [2.05, 4.69) is 0 Å². The third-order valence-corrected chi connectivity index (χ3v) is 3.64. The first-order valence-electron chi connectivity index (χ1n) is 6.31. The van der Waals surface area contributed by atoms with Gasteiger partial charge >= 0.3 is 5.97 Å². The molecule has 19 heavy (non-hydrogen) atoms. The van der Waals surface area contributed by atoms with Gasteiger partial charge in [-0.05, 0) is 30.5 Å². The Morgan fingerprint density at radius 1 is 1.42 bits per heavy atom. The molecule has 1 aromatic rings. The number of carboxylic acid groups (broad SMARTS) is 1. The fraction of sp³-hybridized carbons (Fsp3) is 0.429. The molecule has 0 radical (unpaired) electrons. The summed E-state index contributed by atoms with van der Waals surface area (Å²) in [5.41, 5.74) is 1.02. The van der Waals surface area contributed by atoms with Crippen molar-refractivity contribution in [3.05, 3.63) is 34.9 Å². The van der Waals surface area contributed by atoms with Gasteiger partial charge in [-0.25, -0.2) is 0 Å². The lowest BCUT2D eigenvalue weighted by molar-refractivity contribution is -0.141. The number of likely N-dealkylation sites (tertiary alicyclic amines) is 1. The number of hydrogen-bond donors (Lipinski definition) is 1. The van der Waals surface area contributed by atoms with E-state index in [0.717, 1.165) is 5.56 Å². The van der Waals surface area contributed by atoms with Gasteiger partial charge in [0.15, 0.2) is 0 Å². The smallest absolute Gasteiger partial charge is 0.308 e. The lowest BCUT2D eigenvalue weighted by Gasteiger charge is -2.15. The summed E-state index contributed by atoms with van der Waals surface area (Å²) in [6.45, 7) is 0.884. The van der Waals surface area contributed by atoms with Crippen molar-refractivity contribution in [2.45, 2.75) is 19.3 Å². The minimum Gasteiger partial charge on any atom is -0.481 e. The number of nitrogens with zero attached hydrogens (tertiary/aromatic N) is 1. The van der Waals surface area contributed by atoms with Crippen molar-refractivity contribution in [1.29, 1.82) is 0 Å². The van der Waals surface area contributed by atoms with Crippen molar-refractivity contribution in [2.75, 3.05) is 13.1 Å². The number of aryl methyl sites for hydroxylation is 1. The Labute approximate surface area is 117 Å². The molecule has 1 saturated heterocycles. The van der Waals surface area contributed by atoms with Crippen molar-refractivity contribution in [3.63, 3.8) is 0 Å². The molecule has 2 rings (SSSR count). The van der Waals surface area contributed by atoms with Crippen LogP contribution in [0.5, 0.6) is 0 Å². The summed E-state index contributed by atoms with van der Waals surface area (Å²) in [6.07, 6.45) is 1.58. The molecule has 0 aliphatic carbocycles. The van der Waals surface area contributed by atoms with Crippen molar-refractivity contribution < 1.29 is 14.7 Å². The second kappa shape index (κ2) is 6.06. The summed E-state index contributed by atoms with van der Waals surface area (Å²) < 4.78 is 0. The van der Waals surface area contributed by atoms with Crippen molar-refractivity contribution >= 4 is 23.5 Å². The standard InChI is InChI=1S/C14H16ClNO3/c15-12-3-1-2-10(8-12)4-5-13(17)16-7-6-11(9-16)14(18)19/h1-3,8,11H,4-7,9H2,(H,18,19)/t11-/m0/s1. The van der Waals surface area contributed by atoms with Crippen LogP contribution in [0.3, 0.4) is 0 Å². The lowest BCUT2D eigenvalue weighted by atomic mass is 10.1. The van der Waals surface area contributed by atoms with Crippen molar-refractivity contribution in [1.82, 2.24) is 4.90 Å². The van der Waals surface area contributed by atoms with E-state index in [1.165, 1.54) is 0 Å². The van der Waals surface area contributed by atoms with E-state index in [0.29, 0.717) is 37.4 Å². The van der Waals surface area contributed by atoms with Crippen molar-refractivity contribution in [2.24, 2.45) is 5.92 Å². The largest absolute Gasteiger partial charge is 0.481 e. The summed E-state index contributed by atoms with van der Waals surface area (Å²) in [5, 5.41) is 9.56. The first kappa shape index (κ1) is 13.9. The average molecular weight is 282 g/mol. The predicted molar refractivity (Wildman–Crippen MR) is 72.1 cm³/mol. The Kier molecular flexibility index (Phi) is 4.43. The topological polar surface area (TPSA) is 57.6 Å². The number of rotatable bonds is 4. The van der Waals surface area contributed by atoms with Crippen LogP contribution in [-0.2, 0) is 16.0 Å². The van der Waals surface area contributed by atoms with Crippen LogP contribution in [-0.4, -0.2) is 35.0 Å². The van der Waals surface area contributed by atoms with Gasteiger partial charge in [0, 0.05) is 24.5 Å². The molecule has 1 aliphatic heterocycles. The second-order valence-corrected chi connectivity index (χ2v) is 5.23. The molecule has 1 fully saturated rings. The highest BCUT2D eigenvalue weighted by atomic mass is 35.5. The molecule has 4 nitrogen and oxygen atoms in total. The molecule has 1 atom stereocenters. The fourth-order valence-electron chi connectivity index (χ4n) is 2.29. The molecule has 0 aromatic heterocycles. The highest BCUT2D eigenvalue weighted by molar-refractivity contribution is 6.30. The molecular formula is C14H16ClNO3. The van der Waals surface area contributed by atoms with Gasteiger partial charge in [-0.3, -0.25) is 9.59 Å². The van der Waals surface area contributed by atoms with Crippen LogP contribution in [0.2, 0.25) is 5.02 Å². The number of hydrogen-bond acceptors (Lipinski definition) is 2. The van der Waals surface area contributed by atoms with E-state index >= 15 is 0 Å². The number of halogens is 1. The summed E-state index contributed by atoms with van der Waals surface area (Å²) in [4.78, 5) is 24.4. The Morgan fingerprint density at radius 2 is 2.21 bits per heavy atom. The molecule has 1 amide bonds. The van der Waals surface area contributed by atoms with Crippen LogP contribution in [0.1, 0.15) is 18.4 Å². The van der Waals surface area contributed by atoms with E-state index in [-0.39, 0.29) is 5.91 Å². The van der Waals surface area contributed by atoms with Crippen LogP contribution in [0, 0.1) is 5.92 Å². The molecule has 1 aliphatic rings.